The van der Waals surface area contributed by atoms with Gasteiger partial charge in [-0.1, -0.05) is 17.7 Å². The Morgan fingerprint density at radius 1 is 1.12 bits per heavy atom. The van der Waals surface area contributed by atoms with Gasteiger partial charge in [0.1, 0.15) is 11.6 Å². The van der Waals surface area contributed by atoms with Gasteiger partial charge in [0.2, 0.25) is 0 Å². The van der Waals surface area contributed by atoms with Crippen molar-refractivity contribution in [3.63, 3.8) is 0 Å². The van der Waals surface area contributed by atoms with E-state index in [2.05, 4.69) is 20.7 Å². The lowest BCUT2D eigenvalue weighted by molar-refractivity contribution is 0.0207. The molecule has 0 saturated carbocycles. The van der Waals surface area contributed by atoms with E-state index in [4.69, 9.17) is 25.8 Å². The summed E-state index contributed by atoms with van der Waals surface area (Å²) in [6.45, 7) is 2.21. The number of anilines is 1. The zero-order valence-corrected chi connectivity index (χ0v) is 19.4. The predicted molar refractivity (Wildman–Crippen MR) is 128 cm³/mol. The van der Waals surface area contributed by atoms with Crippen molar-refractivity contribution in [1.82, 2.24) is 20.4 Å². The van der Waals surface area contributed by atoms with Crippen molar-refractivity contribution in [2.45, 2.75) is 0 Å². The fourth-order valence-electron chi connectivity index (χ4n) is 3.40. The van der Waals surface area contributed by atoms with E-state index in [1.807, 2.05) is 0 Å². The molecule has 0 spiro atoms. The lowest BCUT2D eigenvalue weighted by Crippen LogP contribution is -2.49. The molecule has 1 saturated heterocycles. The van der Waals surface area contributed by atoms with E-state index in [0.29, 0.717) is 59.3 Å². The zero-order valence-electron chi connectivity index (χ0n) is 18.6. The number of morpholine rings is 1. The van der Waals surface area contributed by atoms with Crippen LogP contribution in [-0.4, -0.2) is 61.5 Å². The summed E-state index contributed by atoms with van der Waals surface area (Å²) in [4.78, 5) is 21.7. The Balaban J connectivity index is 1.69. The second kappa shape index (κ2) is 10.6. The first-order chi connectivity index (χ1) is 16.5. The molecule has 1 aliphatic heterocycles. The van der Waals surface area contributed by atoms with Crippen LogP contribution in [0.2, 0.25) is 5.02 Å². The molecule has 3 aromatic rings. The topological polar surface area (TPSA) is 97.8 Å². The number of nitrogens with zero attached hydrogens (tertiary/aromatic N) is 3. The van der Waals surface area contributed by atoms with Gasteiger partial charge in [-0.15, -0.1) is 0 Å². The molecular formula is C23H23ClFN5O4. The van der Waals surface area contributed by atoms with Crippen LogP contribution in [0.5, 0.6) is 11.5 Å². The SMILES string of the molecule is COc1cc2nc(/C=C/c3ccc(Cl)cc3F)nc(NC(=O)NN3CCOCC3)c2cc1OC. The Labute approximate surface area is 200 Å². The number of hydrogen-bond acceptors (Lipinski definition) is 7. The highest BCUT2D eigenvalue weighted by atomic mass is 35.5. The summed E-state index contributed by atoms with van der Waals surface area (Å²) in [6.07, 6.45) is 3.08. The molecule has 0 unspecified atom stereocenters. The summed E-state index contributed by atoms with van der Waals surface area (Å²) >= 11 is 5.82. The van der Waals surface area contributed by atoms with Crippen LogP contribution in [0, 0.1) is 5.82 Å². The van der Waals surface area contributed by atoms with Gasteiger partial charge in [-0.2, -0.15) is 0 Å². The zero-order chi connectivity index (χ0) is 24.1. The molecule has 0 atom stereocenters. The molecule has 2 heterocycles. The van der Waals surface area contributed by atoms with E-state index in [1.54, 1.807) is 35.4 Å². The molecule has 2 amide bonds. The molecule has 178 valence electrons. The first-order valence-electron chi connectivity index (χ1n) is 10.4. The van der Waals surface area contributed by atoms with Crippen molar-refractivity contribution in [1.29, 1.82) is 0 Å². The molecule has 1 fully saturated rings. The minimum Gasteiger partial charge on any atom is -0.493 e. The number of fused-ring (bicyclic) bond motifs is 1. The number of aromatic nitrogens is 2. The Kier molecular flexibility index (Phi) is 7.41. The average Bonchev–Trinajstić information content (AvgIpc) is 2.83. The van der Waals surface area contributed by atoms with Gasteiger partial charge in [-0.05, 0) is 30.4 Å². The molecule has 1 aliphatic rings. The Hall–Kier alpha value is -3.47. The van der Waals surface area contributed by atoms with Crippen molar-refractivity contribution in [3.05, 3.63) is 52.6 Å². The van der Waals surface area contributed by atoms with E-state index < -0.39 is 11.8 Å². The maximum Gasteiger partial charge on any atom is 0.334 e. The van der Waals surface area contributed by atoms with Crippen LogP contribution in [0.25, 0.3) is 23.1 Å². The van der Waals surface area contributed by atoms with Crippen LogP contribution >= 0.6 is 11.6 Å². The van der Waals surface area contributed by atoms with Gasteiger partial charge >= 0.3 is 6.03 Å². The number of hydrazine groups is 1. The van der Waals surface area contributed by atoms with Crippen LogP contribution < -0.4 is 20.2 Å². The van der Waals surface area contributed by atoms with Gasteiger partial charge in [-0.25, -0.2) is 24.2 Å². The minimum atomic E-state index is -0.473. The quantitative estimate of drug-likeness (QED) is 0.542. The fourth-order valence-corrected chi connectivity index (χ4v) is 3.56. The molecule has 2 N–H and O–H groups in total. The number of rotatable bonds is 6. The van der Waals surface area contributed by atoms with E-state index in [9.17, 15) is 9.18 Å². The van der Waals surface area contributed by atoms with Gasteiger partial charge in [0, 0.05) is 35.1 Å². The third-order valence-electron chi connectivity index (χ3n) is 5.10. The Morgan fingerprint density at radius 2 is 1.85 bits per heavy atom. The molecule has 0 bridgehead atoms. The number of hydrogen-bond donors (Lipinski definition) is 2. The van der Waals surface area contributed by atoms with E-state index in [1.165, 1.54) is 26.4 Å². The lowest BCUT2D eigenvalue weighted by Gasteiger charge is -2.26. The van der Waals surface area contributed by atoms with Crippen molar-refractivity contribution < 1.29 is 23.4 Å². The Bertz CT molecular complexity index is 1230. The van der Waals surface area contributed by atoms with Crippen molar-refractivity contribution in [3.8, 4) is 11.5 Å². The summed E-state index contributed by atoms with van der Waals surface area (Å²) in [5.41, 5.74) is 3.60. The second-order valence-electron chi connectivity index (χ2n) is 7.32. The highest BCUT2D eigenvalue weighted by molar-refractivity contribution is 6.30. The number of methoxy groups -OCH3 is 2. The fraction of sp³-hybridized carbons (Fsp3) is 0.261. The first-order valence-corrected chi connectivity index (χ1v) is 10.8. The molecule has 0 radical (unpaired) electrons. The third-order valence-corrected chi connectivity index (χ3v) is 5.33. The molecule has 34 heavy (non-hydrogen) atoms. The number of benzene rings is 2. The second-order valence-corrected chi connectivity index (χ2v) is 7.76. The summed E-state index contributed by atoms with van der Waals surface area (Å²) < 4.78 is 30.2. The third kappa shape index (κ3) is 5.53. The number of urea groups is 1. The molecule has 4 rings (SSSR count). The molecule has 1 aromatic heterocycles. The Morgan fingerprint density at radius 3 is 2.56 bits per heavy atom. The van der Waals surface area contributed by atoms with Crippen LogP contribution in [0.3, 0.4) is 0 Å². The van der Waals surface area contributed by atoms with Crippen molar-refractivity contribution in [2.24, 2.45) is 0 Å². The van der Waals surface area contributed by atoms with Crippen LogP contribution in [0.1, 0.15) is 11.4 Å². The predicted octanol–water partition coefficient (Wildman–Crippen LogP) is 3.98. The van der Waals surface area contributed by atoms with E-state index in [-0.39, 0.29) is 11.6 Å². The standard InChI is InChI=1S/C23H23ClFN5O4/c1-32-19-12-16-18(13-20(19)33-2)26-21(6-4-14-3-5-15(24)11-17(14)25)27-22(16)28-23(31)29-30-7-9-34-10-8-30/h3-6,11-13H,7-10H2,1-2H3,(H2,26,27,28,29,31)/b6-4+. The molecular weight excluding hydrogens is 465 g/mol. The smallest absolute Gasteiger partial charge is 0.334 e. The van der Waals surface area contributed by atoms with Crippen LogP contribution in [0.4, 0.5) is 15.0 Å². The first kappa shape index (κ1) is 23.7. The normalized spacial score (nSPS) is 14.4. The average molecular weight is 488 g/mol. The van der Waals surface area contributed by atoms with Gasteiger partial charge in [-0.3, -0.25) is 10.7 Å². The maximum absolute atomic E-state index is 14.2. The molecule has 0 aliphatic carbocycles. The minimum absolute atomic E-state index is 0.257. The van der Waals surface area contributed by atoms with Gasteiger partial charge in [0.15, 0.2) is 17.3 Å². The van der Waals surface area contributed by atoms with Crippen LogP contribution in [-0.2, 0) is 4.74 Å². The summed E-state index contributed by atoms with van der Waals surface area (Å²) in [7, 11) is 3.03. The summed E-state index contributed by atoms with van der Waals surface area (Å²) in [6, 6.07) is 7.27. The molecule has 2 aromatic carbocycles. The number of ether oxygens (including phenoxy) is 3. The highest BCUT2D eigenvalue weighted by Crippen LogP contribution is 2.34. The molecule has 11 heteroatoms. The van der Waals surface area contributed by atoms with Gasteiger partial charge < -0.3 is 14.2 Å². The summed E-state index contributed by atoms with van der Waals surface area (Å²) in [5.74, 6) is 0.973. The van der Waals surface area contributed by atoms with E-state index in [0.717, 1.165) is 0 Å². The highest BCUT2D eigenvalue weighted by Gasteiger charge is 2.17. The van der Waals surface area contributed by atoms with Crippen molar-refractivity contribution in [2.75, 3.05) is 45.8 Å². The number of nitrogens with one attached hydrogen (secondary N) is 2. The van der Waals surface area contributed by atoms with Crippen LogP contribution in [0.15, 0.2) is 30.3 Å². The number of amides is 2. The van der Waals surface area contributed by atoms with Gasteiger partial charge in [0.05, 0.1) is 33.0 Å². The maximum atomic E-state index is 14.2. The van der Waals surface area contributed by atoms with E-state index >= 15 is 0 Å². The molecule has 9 nitrogen and oxygen atoms in total. The monoisotopic (exact) mass is 487 g/mol. The number of carbonyl (C=O) groups excluding carboxylic acids is 1. The number of carbonyl (C=O) groups is 1. The lowest BCUT2D eigenvalue weighted by atomic mass is 10.2. The van der Waals surface area contributed by atoms with Crippen molar-refractivity contribution >= 4 is 46.5 Å². The van der Waals surface area contributed by atoms with Gasteiger partial charge in [0.25, 0.3) is 0 Å². The number of halogens is 2. The summed E-state index contributed by atoms with van der Waals surface area (Å²) in [5, 5.41) is 5.38. The largest absolute Gasteiger partial charge is 0.493 e.